The van der Waals surface area contributed by atoms with E-state index in [2.05, 4.69) is 5.32 Å². The number of aliphatic carboxylic acids is 1. The molecule has 2 N–H and O–H groups in total. The van der Waals surface area contributed by atoms with Crippen molar-refractivity contribution >= 4 is 23.6 Å². The zero-order chi connectivity index (χ0) is 12.8. The number of carboxylic acids is 1. The highest BCUT2D eigenvalue weighted by Gasteiger charge is 2.30. The molecular weight excluding hydrogens is 226 g/mol. The highest BCUT2D eigenvalue weighted by molar-refractivity contribution is 7.98. The topological polar surface area (TPSA) is 66.4 Å². The van der Waals surface area contributed by atoms with E-state index in [1.807, 2.05) is 13.2 Å². The predicted octanol–water partition coefficient (Wildman–Crippen LogP) is 1.75. The van der Waals surface area contributed by atoms with E-state index in [4.69, 9.17) is 5.11 Å². The Balaban J connectivity index is 4.03. The number of nitrogens with one attached hydrogen (secondary N) is 1. The Labute approximate surface area is 101 Å². The van der Waals surface area contributed by atoms with Gasteiger partial charge in [-0.2, -0.15) is 11.8 Å². The number of hydrogen-bond acceptors (Lipinski definition) is 3. The summed E-state index contributed by atoms with van der Waals surface area (Å²) in [6, 6.07) is 0.101. The minimum atomic E-state index is -0.997. The van der Waals surface area contributed by atoms with Crippen LogP contribution in [-0.2, 0) is 9.59 Å². The summed E-state index contributed by atoms with van der Waals surface area (Å²) >= 11 is 1.73. The lowest BCUT2D eigenvalue weighted by molar-refractivity contribution is -0.149. The van der Waals surface area contributed by atoms with E-state index < -0.39 is 11.4 Å². The van der Waals surface area contributed by atoms with Crippen LogP contribution in [0, 0.1) is 5.41 Å². The molecule has 1 atom stereocenters. The minimum Gasteiger partial charge on any atom is -0.481 e. The number of amides is 1. The van der Waals surface area contributed by atoms with Crippen LogP contribution in [0.5, 0.6) is 0 Å². The second-order valence-corrected chi connectivity index (χ2v) is 5.60. The average Bonchev–Trinajstić information content (AvgIpc) is 2.13. The van der Waals surface area contributed by atoms with Crippen LogP contribution in [0.25, 0.3) is 0 Å². The van der Waals surface area contributed by atoms with Crippen molar-refractivity contribution in [2.75, 3.05) is 12.0 Å². The molecule has 0 saturated heterocycles. The lowest BCUT2D eigenvalue weighted by Crippen LogP contribution is -2.38. The summed E-state index contributed by atoms with van der Waals surface area (Å²) < 4.78 is 0. The van der Waals surface area contributed by atoms with Crippen molar-refractivity contribution in [2.45, 2.75) is 39.7 Å². The number of hydrogen-bond donors (Lipinski definition) is 2. The summed E-state index contributed by atoms with van der Waals surface area (Å²) in [5, 5.41) is 11.7. The van der Waals surface area contributed by atoms with E-state index in [0.717, 1.165) is 12.2 Å². The molecule has 4 nitrogen and oxygen atoms in total. The van der Waals surface area contributed by atoms with E-state index in [1.165, 1.54) is 0 Å². The second-order valence-electron chi connectivity index (χ2n) is 4.62. The molecule has 0 saturated carbocycles. The normalized spacial score (nSPS) is 13.2. The summed E-state index contributed by atoms with van der Waals surface area (Å²) in [6.45, 7) is 5.05. The first-order valence-electron chi connectivity index (χ1n) is 5.31. The van der Waals surface area contributed by atoms with Gasteiger partial charge in [0.25, 0.3) is 0 Å². The van der Waals surface area contributed by atoms with Gasteiger partial charge < -0.3 is 10.4 Å². The molecular formula is C11H21NO3S. The Morgan fingerprint density at radius 2 is 2.00 bits per heavy atom. The summed E-state index contributed by atoms with van der Waals surface area (Å²) in [4.78, 5) is 22.4. The molecule has 0 aromatic carbocycles. The summed E-state index contributed by atoms with van der Waals surface area (Å²) in [7, 11) is 0. The number of carbonyl (C=O) groups is 2. The molecule has 5 heteroatoms. The molecule has 0 fully saturated rings. The first-order chi connectivity index (χ1) is 7.29. The smallest absolute Gasteiger partial charge is 0.309 e. The molecule has 0 aromatic heterocycles. The average molecular weight is 247 g/mol. The van der Waals surface area contributed by atoms with Crippen LogP contribution in [-0.4, -0.2) is 35.0 Å². The third-order valence-corrected chi connectivity index (χ3v) is 2.99. The van der Waals surface area contributed by atoms with Crippen molar-refractivity contribution in [3.8, 4) is 0 Å². The Morgan fingerprint density at radius 3 is 2.44 bits per heavy atom. The molecule has 16 heavy (non-hydrogen) atoms. The molecule has 0 spiro atoms. The summed E-state index contributed by atoms with van der Waals surface area (Å²) in [5.74, 6) is -0.149. The Kier molecular flexibility index (Phi) is 6.48. The first kappa shape index (κ1) is 15.3. The molecule has 0 radical (unpaired) electrons. The van der Waals surface area contributed by atoms with E-state index in [0.29, 0.717) is 0 Å². The molecule has 0 bridgehead atoms. The maximum atomic E-state index is 11.6. The van der Waals surface area contributed by atoms with Gasteiger partial charge in [-0.05, 0) is 39.2 Å². The molecule has 0 rings (SSSR count). The SMILES string of the molecule is CSCCC(C)NC(=O)CC(C)(C)C(=O)O. The largest absolute Gasteiger partial charge is 0.481 e. The first-order valence-corrected chi connectivity index (χ1v) is 6.70. The maximum Gasteiger partial charge on any atom is 0.309 e. The molecule has 1 unspecified atom stereocenters. The number of rotatable bonds is 7. The van der Waals surface area contributed by atoms with Gasteiger partial charge in [-0.3, -0.25) is 9.59 Å². The second kappa shape index (κ2) is 6.78. The molecule has 0 aromatic rings. The molecule has 94 valence electrons. The Hall–Kier alpha value is -0.710. The molecule has 0 heterocycles. The molecule has 1 amide bonds. The van der Waals surface area contributed by atoms with Crippen molar-refractivity contribution < 1.29 is 14.7 Å². The third-order valence-electron chi connectivity index (χ3n) is 2.34. The van der Waals surface area contributed by atoms with Crippen molar-refractivity contribution in [2.24, 2.45) is 5.41 Å². The van der Waals surface area contributed by atoms with E-state index in [1.54, 1.807) is 25.6 Å². The third kappa shape index (κ3) is 6.00. The van der Waals surface area contributed by atoms with E-state index >= 15 is 0 Å². The van der Waals surface area contributed by atoms with Gasteiger partial charge in [0.1, 0.15) is 0 Å². The van der Waals surface area contributed by atoms with Crippen molar-refractivity contribution in [3.63, 3.8) is 0 Å². The van der Waals surface area contributed by atoms with Gasteiger partial charge in [0.05, 0.1) is 5.41 Å². The quantitative estimate of drug-likeness (QED) is 0.719. The fraction of sp³-hybridized carbons (Fsp3) is 0.818. The number of carboxylic acid groups (broad SMARTS) is 1. The van der Waals surface area contributed by atoms with Crippen LogP contribution >= 0.6 is 11.8 Å². The fourth-order valence-corrected chi connectivity index (χ4v) is 1.76. The summed E-state index contributed by atoms with van der Waals surface area (Å²) in [5.41, 5.74) is -0.997. The predicted molar refractivity (Wildman–Crippen MR) is 66.6 cm³/mol. The van der Waals surface area contributed by atoms with Gasteiger partial charge in [0.15, 0.2) is 0 Å². The van der Waals surface area contributed by atoms with E-state index in [-0.39, 0.29) is 18.4 Å². The van der Waals surface area contributed by atoms with Gasteiger partial charge >= 0.3 is 5.97 Å². The van der Waals surface area contributed by atoms with Gasteiger partial charge in [-0.15, -0.1) is 0 Å². The van der Waals surface area contributed by atoms with Crippen LogP contribution in [0.4, 0.5) is 0 Å². The molecule has 0 aliphatic rings. The van der Waals surface area contributed by atoms with Gasteiger partial charge in [0, 0.05) is 12.5 Å². The van der Waals surface area contributed by atoms with Crippen LogP contribution in [0.3, 0.4) is 0 Å². The molecule has 0 aliphatic carbocycles. The number of thioether (sulfide) groups is 1. The zero-order valence-electron chi connectivity index (χ0n) is 10.4. The fourth-order valence-electron chi connectivity index (χ4n) is 1.17. The lowest BCUT2D eigenvalue weighted by Gasteiger charge is -2.20. The van der Waals surface area contributed by atoms with Crippen molar-refractivity contribution in [3.05, 3.63) is 0 Å². The van der Waals surface area contributed by atoms with Gasteiger partial charge in [-0.1, -0.05) is 0 Å². The lowest BCUT2D eigenvalue weighted by atomic mass is 9.89. The molecule has 0 aliphatic heterocycles. The van der Waals surface area contributed by atoms with E-state index in [9.17, 15) is 9.59 Å². The highest BCUT2D eigenvalue weighted by atomic mass is 32.2. The minimum absolute atomic E-state index is 0.0198. The monoisotopic (exact) mass is 247 g/mol. The highest BCUT2D eigenvalue weighted by Crippen LogP contribution is 2.20. The standard InChI is InChI=1S/C11H21NO3S/c1-8(5-6-16-4)12-9(13)7-11(2,3)10(14)15/h8H,5-7H2,1-4H3,(H,12,13)(H,14,15). The Bertz CT molecular complexity index is 254. The summed E-state index contributed by atoms with van der Waals surface area (Å²) in [6.07, 6.45) is 2.94. The zero-order valence-corrected chi connectivity index (χ0v) is 11.2. The Morgan fingerprint density at radius 1 is 1.44 bits per heavy atom. The maximum absolute atomic E-state index is 11.6. The van der Waals surface area contributed by atoms with Gasteiger partial charge in [-0.25, -0.2) is 0 Å². The van der Waals surface area contributed by atoms with Crippen molar-refractivity contribution in [1.82, 2.24) is 5.32 Å². The van der Waals surface area contributed by atoms with Crippen molar-refractivity contribution in [1.29, 1.82) is 0 Å². The van der Waals surface area contributed by atoms with Crippen LogP contribution < -0.4 is 5.32 Å². The van der Waals surface area contributed by atoms with Crippen LogP contribution in [0.1, 0.15) is 33.6 Å². The number of carbonyl (C=O) groups excluding carboxylic acids is 1. The van der Waals surface area contributed by atoms with Crippen LogP contribution in [0.2, 0.25) is 0 Å². The van der Waals surface area contributed by atoms with Crippen LogP contribution in [0.15, 0.2) is 0 Å². The van der Waals surface area contributed by atoms with Gasteiger partial charge in [0.2, 0.25) is 5.91 Å².